The fourth-order valence-electron chi connectivity index (χ4n) is 3.91. The first-order valence-electron chi connectivity index (χ1n) is 11.7. The minimum atomic E-state index is -0.197. The molecule has 0 saturated heterocycles. The van der Waals surface area contributed by atoms with Crippen molar-refractivity contribution < 1.29 is 9.21 Å². The molecule has 1 amide bonds. The Morgan fingerprint density at radius 3 is 2.23 bits per heavy atom. The second-order valence-electron chi connectivity index (χ2n) is 8.79. The van der Waals surface area contributed by atoms with Crippen molar-refractivity contribution in [3.63, 3.8) is 0 Å². The Balaban J connectivity index is 1.28. The molecule has 5 aromatic rings. The maximum Gasteiger partial charge on any atom is 0.248 e. The standard InChI is InChI=1S/C31H26N2O2/c1-21(2)23-11-8-22(9-12-23)10-19-30(34)32-27-17-18-29-28(20-27)33-31(35-29)26-15-13-25(14-16-26)24-6-4-3-5-7-24/h3-21H,1-2H3,(H,32,34)/b19-10+. The Morgan fingerprint density at radius 1 is 0.829 bits per heavy atom. The highest BCUT2D eigenvalue weighted by Gasteiger charge is 2.10. The van der Waals surface area contributed by atoms with Gasteiger partial charge in [0.2, 0.25) is 11.8 Å². The summed E-state index contributed by atoms with van der Waals surface area (Å²) >= 11 is 0. The zero-order chi connectivity index (χ0) is 24.2. The molecule has 0 aliphatic heterocycles. The molecule has 0 spiro atoms. The SMILES string of the molecule is CC(C)c1ccc(/C=C/C(=O)Nc2ccc3oc(-c4ccc(-c5ccccc5)cc4)nc3c2)cc1. The number of anilines is 1. The van der Waals surface area contributed by atoms with Crippen molar-refractivity contribution >= 4 is 28.8 Å². The largest absolute Gasteiger partial charge is 0.436 e. The number of carbonyl (C=O) groups is 1. The number of hydrogen-bond acceptors (Lipinski definition) is 3. The van der Waals surface area contributed by atoms with Crippen LogP contribution in [0.25, 0.3) is 39.8 Å². The van der Waals surface area contributed by atoms with E-state index in [2.05, 4.69) is 60.5 Å². The van der Waals surface area contributed by atoms with Crippen LogP contribution in [0.5, 0.6) is 0 Å². The summed E-state index contributed by atoms with van der Waals surface area (Å²) in [6, 6.07) is 32.1. The number of benzene rings is 4. The summed E-state index contributed by atoms with van der Waals surface area (Å²) in [5.41, 5.74) is 7.50. The number of rotatable bonds is 6. The van der Waals surface area contributed by atoms with Crippen molar-refractivity contribution in [3.8, 4) is 22.6 Å². The summed E-state index contributed by atoms with van der Waals surface area (Å²) in [7, 11) is 0. The molecule has 35 heavy (non-hydrogen) atoms. The number of hydrogen-bond donors (Lipinski definition) is 1. The lowest BCUT2D eigenvalue weighted by atomic mass is 10.0. The normalized spacial score (nSPS) is 11.4. The molecule has 172 valence electrons. The number of amides is 1. The van der Waals surface area contributed by atoms with E-state index < -0.39 is 0 Å². The number of oxazole rings is 1. The van der Waals surface area contributed by atoms with Gasteiger partial charge in [-0.2, -0.15) is 0 Å². The zero-order valence-electron chi connectivity index (χ0n) is 19.7. The van der Waals surface area contributed by atoms with E-state index in [4.69, 9.17) is 4.42 Å². The molecule has 0 atom stereocenters. The van der Waals surface area contributed by atoms with Crippen molar-refractivity contribution in [3.05, 3.63) is 114 Å². The zero-order valence-corrected chi connectivity index (χ0v) is 19.7. The third-order valence-electron chi connectivity index (χ3n) is 5.92. The molecular formula is C31H26N2O2. The lowest BCUT2D eigenvalue weighted by Gasteiger charge is -2.04. The number of fused-ring (bicyclic) bond motifs is 1. The third kappa shape index (κ3) is 5.22. The Hall–Kier alpha value is -4.44. The Labute approximate surface area is 205 Å². The molecule has 0 fully saturated rings. The van der Waals surface area contributed by atoms with Gasteiger partial charge in [-0.25, -0.2) is 4.98 Å². The molecule has 4 aromatic carbocycles. The fraction of sp³-hybridized carbons (Fsp3) is 0.0968. The van der Waals surface area contributed by atoms with E-state index in [0.717, 1.165) is 16.7 Å². The van der Waals surface area contributed by atoms with Crippen LogP contribution >= 0.6 is 0 Å². The topological polar surface area (TPSA) is 55.1 Å². The average Bonchev–Trinajstić information content (AvgIpc) is 3.32. The first-order valence-corrected chi connectivity index (χ1v) is 11.7. The van der Waals surface area contributed by atoms with Crippen LogP contribution in [0.15, 0.2) is 108 Å². The number of nitrogens with one attached hydrogen (secondary N) is 1. The van der Waals surface area contributed by atoms with Gasteiger partial charge in [0.25, 0.3) is 0 Å². The van der Waals surface area contributed by atoms with Crippen LogP contribution in [-0.2, 0) is 4.79 Å². The monoisotopic (exact) mass is 458 g/mol. The third-order valence-corrected chi connectivity index (χ3v) is 5.92. The molecule has 0 aliphatic rings. The average molecular weight is 459 g/mol. The maximum atomic E-state index is 12.4. The van der Waals surface area contributed by atoms with E-state index in [1.807, 2.05) is 66.7 Å². The Kier molecular flexibility index (Phi) is 6.27. The molecule has 1 heterocycles. The highest BCUT2D eigenvalue weighted by Crippen LogP contribution is 2.28. The van der Waals surface area contributed by atoms with Gasteiger partial charge in [-0.15, -0.1) is 0 Å². The number of aromatic nitrogens is 1. The van der Waals surface area contributed by atoms with Gasteiger partial charge in [-0.1, -0.05) is 80.6 Å². The van der Waals surface area contributed by atoms with E-state index in [0.29, 0.717) is 28.6 Å². The Morgan fingerprint density at radius 2 is 1.51 bits per heavy atom. The van der Waals surface area contributed by atoms with Crippen LogP contribution in [-0.4, -0.2) is 10.9 Å². The molecule has 5 rings (SSSR count). The summed E-state index contributed by atoms with van der Waals surface area (Å²) in [6.07, 6.45) is 3.35. The van der Waals surface area contributed by atoms with Gasteiger partial charge in [0.15, 0.2) is 5.58 Å². The molecule has 0 aliphatic carbocycles. The minimum Gasteiger partial charge on any atom is -0.436 e. The van der Waals surface area contributed by atoms with Crippen molar-refractivity contribution in [2.75, 3.05) is 5.32 Å². The molecule has 4 nitrogen and oxygen atoms in total. The number of nitrogens with zero attached hydrogens (tertiary/aromatic N) is 1. The predicted octanol–water partition coefficient (Wildman–Crippen LogP) is 7.94. The van der Waals surface area contributed by atoms with Gasteiger partial charge in [-0.3, -0.25) is 4.79 Å². The summed E-state index contributed by atoms with van der Waals surface area (Å²) in [5, 5.41) is 2.90. The molecule has 1 N–H and O–H groups in total. The second kappa shape index (κ2) is 9.82. The van der Waals surface area contributed by atoms with Gasteiger partial charge in [0, 0.05) is 17.3 Å². The van der Waals surface area contributed by atoms with Crippen LogP contribution in [0.3, 0.4) is 0 Å². The lowest BCUT2D eigenvalue weighted by molar-refractivity contribution is -0.111. The van der Waals surface area contributed by atoms with Gasteiger partial charge in [0.05, 0.1) is 0 Å². The molecule has 0 saturated carbocycles. The first kappa shape index (κ1) is 22.4. The van der Waals surface area contributed by atoms with Gasteiger partial charge < -0.3 is 9.73 Å². The highest BCUT2D eigenvalue weighted by molar-refractivity contribution is 6.02. The van der Waals surface area contributed by atoms with E-state index in [9.17, 15) is 4.79 Å². The van der Waals surface area contributed by atoms with Crippen LogP contribution in [0.4, 0.5) is 5.69 Å². The quantitative estimate of drug-likeness (QED) is 0.263. The van der Waals surface area contributed by atoms with Crippen molar-refractivity contribution in [2.24, 2.45) is 0 Å². The molecule has 0 unspecified atom stereocenters. The number of carbonyl (C=O) groups excluding carboxylic acids is 1. The molecule has 0 radical (unpaired) electrons. The summed E-state index contributed by atoms with van der Waals surface area (Å²) in [4.78, 5) is 17.1. The van der Waals surface area contributed by atoms with E-state index in [-0.39, 0.29) is 5.91 Å². The van der Waals surface area contributed by atoms with Gasteiger partial charge in [0.1, 0.15) is 5.52 Å². The van der Waals surface area contributed by atoms with Crippen molar-refractivity contribution in [1.82, 2.24) is 4.98 Å². The van der Waals surface area contributed by atoms with Crippen molar-refractivity contribution in [1.29, 1.82) is 0 Å². The first-order chi connectivity index (χ1) is 17.0. The summed E-state index contributed by atoms with van der Waals surface area (Å²) in [5.74, 6) is 0.835. The van der Waals surface area contributed by atoms with Crippen LogP contribution in [0.2, 0.25) is 0 Å². The van der Waals surface area contributed by atoms with Gasteiger partial charge >= 0.3 is 0 Å². The molecular weight excluding hydrogens is 432 g/mol. The lowest BCUT2D eigenvalue weighted by Crippen LogP contribution is -2.07. The fourth-order valence-corrected chi connectivity index (χ4v) is 3.91. The minimum absolute atomic E-state index is 0.197. The molecule has 4 heteroatoms. The van der Waals surface area contributed by atoms with Gasteiger partial charge in [-0.05, 0) is 64.6 Å². The summed E-state index contributed by atoms with van der Waals surface area (Å²) < 4.78 is 5.95. The smallest absolute Gasteiger partial charge is 0.248 e. The molecule has 0 bridgehead atoms. The summed E-state index contributed by atoms with van der Waals surface area (Å²) in [6.45, 7) is 4.32. The van der Waals surface area contributed by atoms with Crippen molar-refractivity contribution in [2.45, 2.75) is 19.8 Å². The van der Waals surface area contributed by atoms with Crippen LogP contribution < -0.4 is 5.32 Å². The maximum absolute atomic E-state index is 12.4. The van der Waals surface area contributed by atoms with Crippen LogP contribution in [0, 0.1) is 0 Å². The molecule has 1 aromatic heterocycles. The highest BCUT2D eigenvalue weighted by atomic mass is 16.3. The Bertz CT molecular complexity index is 1480. The van der Waals surface area contributed by atoms with E-state index in [1.54, 1.807) is 0 Å². The van der Waals surface area contributed by atoms with E-state index in [1.165, 1.54) is 17.2 Å². The predicted molar refractivity (Wildman–Crippen MR) is 143 cm³/mol. The van der Waals surface area contributed by atoms with Crippen LogP contribution in [0.1, 0.15) is 30.9 Å². The second-order valence-corrected chi connectivity index (χ2v) is 8.79. The van der Waals surface area contributed by atoms with E-state index >= 15 is 0 Å².